The first kappa shape index (κ1) is 8.70. The van der Waals surface area contributed by atoms with Crippen molar-refractivity contribution in [3.8, 4) is 6.07 Å². The smallest absolute Gasteiger partial charge is 0.108 e. The van der Waals surface area contributed by atoms with Crippen LogP contribution in [0.5, 0.6) is 0 Å². The number of nitriles is 1. The summed E-state index contributed by atoms with van der Waals surface area (Å²) in [6, 6.07) is 2.16. The second-order valence-electron chi connectivity index (χ2n) is 1.84. The van der Waals surface area contributed by atoms with E-state index in [1.807, 2.05) is 0 Å². The molecular weight excluding hydrogens is 138 g/mol. The molecule has 2 N–H and O–H groups in total. The monoisotopic (exact) mass is 147 g/mol. The highest BCUT2D eigenvalue weighted by Gasteiger charge is 2.08. The summed E-state index contributed by atoms with van der Waals surface area (Å²) >= 11 is 0. The SMILES string of the molecule is Cl.N#C[C@@H]1CNCCN1. The molecule has 0 radical (unpaired) electrons. The molecule has 0 bridgehead atoms. The third-order valence-corrected chi connectivity index (χ3v) is 1.20. The van der Waals surface area contributed by atoms with Crippen molar-refractivity contribution < 1.29 is 0 Å². The normalized spacial score (nSPS) is 25.9. The van der Waals surface area contributed by atoms with Gasteiger partial charge in [0.1, 0.15) is 6.04 Å². The number of hydrogen-bond donors (Lipinski definition) is 2. The maximum Gasteiger partial charge on any atom is 0.108 e. The van der Waals surface area contributed by atoms with Crippen LogP contribution in [0.3, 0.4) is 0 Å². The standard InChI is InChI=1S/C5H9N3.ClH/c6-3-5-4-7-1-2-8-5;/h5,7-8H,1-2,4H2;1H/t5-;/m1./s1. The van der Waals surface area contributed by atoms with Crippen LogP contribution >= 0.6 is 12.4 Å². The van der Waals surface area contributed by atoms with E-state index in [0.29, 0.717) is 0 Å². The lowest BCUT2D eigenvalue weighted by Gasteiger charge is -2.17. The van der Waals surface area contributed by atoms with E-state index in [4.69, 9.17) is 5.26 Å². The Labute approximate surface area is 60.8 Å². The van der Waals surface area contributed by atoms with E-state index in [0.717, 1.165) is 19.6 Å². The average molecular weight is 148 g/mol. The molecule has 1 saturated heterocycles. The van der Waals surface area contributed by atoms with Gasteiger partial charge in [0.15, 0.2) is 0 Å². The van der Waals surface area contributed by atoms with E-state index in [9.17, 15) is 0 Å². The molecule has 1 aliphatic rings. The number of rotatable bonds is 0. The second kappa shape index (κ2) is 4.57. The first-order valence-electron chi connectivity index (χ1n) is 2.77. The molecule has 3 nitrogen and oxygen atoms in total. The summed E-state index contributed by atoms with van der Waals surface area (Å²) < 4.78 is 0. The quantitative estimate of drug-likeness (QED) is 0.486. The van der Waals surface area contributed by atoms with Crippen LogP contribution in [0.1, 0.15) is 0 Å². The number of halogens is 1. The lowest BCUT2D eigenvalue weighted by Crippen LogP contribution is -2.47. The van der Waals surface area contributed by atoms with Crippen LogP contribution < -0.4 is 10.6 Å². The first-order chi connectivity index (χ1) is 3.93. The van der Waals surface area contributed by atoms with Crippen molar-refractivity contribution in [2.24, 2.45) is 0 Å². The highest BCUT2D eigenvalue weighted by Crippen LogP contribution is 1.81. The number of piperazine rings is 1. The van der Waals surface area contributed by atoms with Crippen molar-refractivity contribution in [2.75, 3.05) is 19.6 Å². The summed E-state index contributed by atoms with van der Waals surface area (Å²) in [5.41, 5.74) is 0. The van der Waals surface area contributed by atoms with Crippen LogP contribution in [-0.4, -0.2) is 25.7 Å². The van der Waals surface area contributed by atoms with Gasteiger partial charge in [-0.25, -0.2) is 0 Å². The number of nitrogens with one attached hydrogen (secondary N) is 2. The summed E-state index contributed by atoms with van der Waals surface area (Å²) in [4.78, 5) is 0. The highest BCUT2D eigenvalue weighted by molar-refractivity contribution is 5.85. The molecule has 4 heteroatoms. The van der Waals surface area contributed by atoms with Crippen LogP contribution in [0.2, 0.25) is 0 Å². The minimum atomic E-state index is 0. The molecule has 0 aromatic heterocycles. The van der Waals surface area contributed by atoms with Crippen molar-refractivity contribution in [3.63, 3.8) is 0 Å². The molecule has 0 saturated carbocycles. The molecule has 0 unspecified atom stereocenters. The molecule has 0 amide bonds. The Bertz CT molecular complexity index is 103. The van der Waals surface area contributed by atoms with Gasteiger partial charge in [-0.05, 0) is 0 Å². The number of nitrogens with zero attached hydrogens (tertiary/aromatic N) is 1. The van der Waals surface area contributed by atoms with Gasteiger partial charge >= 0.3 is 0 Å². The Balaban J connectivity index is 0.000000640. The fraction of sp³-hybridized carbons (Fsp3) is 0.800. The van der Waals surface area contributed by atoms with Gasteiger partial charge in [-0.2, -0.15) is 5.26 Å². The Hall–Kier alpha value is -0.300. The third-order valence-electron chi connectivity index (χ3n) is 1.20. The molecule has 1 heterocycles. The first-order valence-corrected chi connectivity index (χ1v) is 2.77. The van der Waals surface area contributed by atoms with E-state index in [2.05, 4.69) is 16.7 Å². The highest BCUT2D eigenvalue weighted by atomic mass is 35.5. The molecule has 0 aliphatic carbocycles. The molecule has 0 aromatic rings. The van der Waals surface area contributed by atoms with Crippen molar-refractivity contribution >= 4 is 12.4 Å². The molecule has 0 spiro atoms. The zero-order chi connectivity index (χ0) is 5.82. The van der Waals surface area contributed by atoms with Crippen LogP contribution in [-0.2, 0) is 0 Å². The topological polar surface area (TPSA) is 47.9 Å². The largest absolute Gasteiger partial charge is 0.313 e. The van der Waals surface area contributed by atoms with Crippen molar-refractivity contribution in [1.82, 2.24) is 10.6 Å². The Morgan fingerprint density at radius 2 is 2.22 bits per heavy atom. The molecule has 1 rings (SSSR count). The zero-order valence-corrected chi connectivity index (χ0v) is 5.87. The zero-order valence-electron chi connectivity index (χ0n) is 5.05. The molecule has 9 heavy (non-hydrogen) atoms. The maximum atomic E-state index is 8.34. The van der Waals surface area contributed by atoms with Crippen LogP contribution in [0.4, 0.5) is 0 Å². The van der Waals surface area contributed by atoms with Gasteiger partial charge in [-0.3, -0.25) is 5.32 Å². The predicted molar refractivity (Wildman–Crippen MR) is 37.5 cm³/mol. The van der Waals surface area contributed by atoms with Gasteiger partial charge in [-0.15, -0.1) is 12.4 Å². The molecule has 1 aliphatic heterocycles. The molecule has 0 aromatic carbocycles. The molecule has 1 fully saturated rings. The van der Waals surface area contributed by atoms with E-state index >= 15 is 0 Å². The van der Waals surface area contributed by atoms with Gasteiger partial charge < -0.3 is 5.32 Å². The minimum absolute atomic E-state index is 0. The van der Waals surface area contributed by atoms with E-state index < -0.39 is 0 Å². The lowest BCUT2D eigenvalue weighted by molar-refractivity contribution is 0.477. The van der Waals surface area contributed by atoms with Crippen molar-refractivity contribution in [1.29, 1.82) is 5.26 Å². The predicted octanol–water partition coefficient (Wildman–Crippen LogP) is -0.507. The maximum absolute atomic E-state index is 8.34. The fourth-order valence-electron chi connectivity index (χ4n) is 0.745. The van der Waals surface area contributed by atoms with E-state index in [1.54, 1.807) is 0 Å². The third kappa shape index (κ3) is 2.66. The summed E-state index contributed by atoms with van der Waals surface area (Å²) in [5.74, 6) is 0. The van der Waals surface area contributed by atoms with Crippen LogP contribution in [0.15, 0.2) is 0 Å². The minimum Gasteiger partial charge on any atom is -0.313 e. The Kier molecular flexibility index (Phi) is 4.41. The van der Waals surface area contributed by atoms with E-state index in [1.165, 1.54) is 0 Å². The van der Waals surface area contributed by atoms with Gasteiger partial charge in [0.05, 0.1) is 6.07 Å². The molecular formula is C5H10ClN3. The summed E-state index contributed by atoms with van der Waals surface area (Å²) in [7, 11) is 0. The summed E-state index contributed by atoms with van der Waals surface area (Å²) in [5, 5.41) is 14.5. The van der Waals surface area contributed by atoms with Crippen molar-refractivity contribution in [2.45, 2.75) is 6.04 Å². The van der Waals surface area contributed by atoms with Gasteiger partial charge in [-0.1, -0.05) is 0 Å². The number of hydrogen-bond acceptors (Lipinski definition) is 3. The summed E-state index contributed by atoms with van der Waals surface area (Å²) in [6.45, 7) is 2.69. The molecule has 1 atom stereocenters. The van der Waals surface area contributed by atoms with Gasteiger partial charge in [0.25, 0.3) is 0 Å². The summed E-state index contributed by atoms with van der Waals surface area (Å²) in [6.07, 6.45) is 0. The van der Waals surface area contributed by atoms with Gasteiger partial charge in [0.2, 0.25) is 0 Å². The van der Waals surface area contributed by atoms with Crippen molar-refractivity contribution in [3.05, 3.63) is 0 Å². The van der Waals surface area contributed by atoms with Crippen LogP contribution in [0, 0.1) is 11.3 Å². The van der Waals surface area contributed by atoms with E-state index in [-0.39, 0.29) is 18.4 Å². The fourth-order valence-corrected chi connectivity index (χ4v) is 0.745. The second-order valence-corrected chi connectivity index (χ2v) is 1.84. The Morgan fingerprint density at radius 1 is 1.44 bits per heavy atom. The average Bonchev–Trinajstić information content (AvgIpc) is 1.90. The molecule has 52 valence electrons. The lowest BCUT2D eigenvalue weighted by atomic mass is 10.3. The van der Waals surface area contributed by atoms with Crippen LogP contribution in [0.25, 0.3) is 0 Å². The Morgan fingerprint density at radius 3 is 2.56 bits per heavy atom. The van der Waals surface area contributed by atoms with Gasteiger partial charge in [0, 0.05) is 19.6 Å².